The van der Waals surface area contributed by atoms with Gasteiger partial charge in [-0.25, -0.2) is 4.79 Å². The maximum atomic E-state index is 12.7. The molecule has 3 rings (SSSR count). The number of primary amides is 1. The van der Waals surface area contributed by atoms with E-state index in [1.807, 2.05) is 38.1 Å². The summed E-state index contributed by atoms with van der Waals surface area (Å²) in [6.07, 6.45) is -0.356. The molecule has 0 saturated carbocycles. The van der Waals surface area contributed by atoms with Crippen LogP contribution in [-0.4, -0.2) is 44.9 Å². The number of nitrogens with one attached hydrogen (secondary N) is 1. The Morgan fingerprint density at radius 2 is 1.94 bits per heavy atom. The lowest BCUT2D eigenvalue weighted by Crippen LogP contribution is -2.17. The smallest absolute Gasteiger partial charge is 0.341 e. The van der Waals surface area contributed by atoms with Gasteiger partial charge >= 0.3 is 5.97 Å². The van der Waals surface area contributed by atoms with Crippen molar-refractivity contribution in [1.29, 1.82) is 0 Å². The minimum absolute atomic E-state index is 0.00409. The summed E-state index contributed by atoms with van der Waals surface area (Å²) in [5.41, 5.74) is 6.93. The largest absolute Gasteiger partial charge is 0.482 e. The van der Waals surface area contributed by atoms with Crippen LogP contribution in [-0.2, 0) is 16.6 Å². The Balaban J connectivity index is 1.68. The molecular formula is C23H27N5O5S2. The summed E-state index contributed by atoms with van der Waals surface area (Å²) in [5, 5.41) is 11.8. The fourth-order valence-corrected chi connectivity index (χ4v) is 5.10. The Labute approximate surface area is 211 Å². The number of carbonyl (C=O) groups excluding carboxylic acids is 3. The quantitative estimate of drug-likeness (QED) is 0.307. The number of para-hydroxylation sites is 1. The van der Waals surface area contributed by atoms with Gasteiger partial charge < -0.3 is 25.1 Å². The summed E-state index contributed by atoms with van der Waals surface area (Å²) >= 11 is 2.13. The first-order chi connectivity index (χ1) is 16.6. The van der Waals surface area contributed by atoms with Crippen LogP contribution >= 0.6 is 23.1 Å². The van der Waals surface area contributed by atoms with Gasteiger partial charge in [-0.05, 0) is 44.9 Å². The number of rotatable bonds is 10. The molecule has 0 saturated heterocycles. The van der Waals surface area contributed by atoms with E-state index < -0.39 is 11.9 Å². The summed E-state index contributed by atoms with van der Waals surface area (Å²) in [7, 11) is 1.80. The van der Waals surface area contributed by atoms with Crippen LogP contribution in [0, 0.1) is 13.8 Å². The number of aryl methyl sites for hydroxylation is 1. The molecule has 1 unspecified atom stereocenters. The minimum atomic E-state index is -0.679. The zero-order chi connectivity index (χ0) is 25.7. The average Bonchev–Trinajstić information content (AvgIpc) is 3.33. The van der Waals surface area contributed by atoms with Gasteiger partial charge in [0.2, 0.25) is 5.91 Å². The number of thioether (sulfide) groups is 1. The van der Waals surface area contributed by atoms with Crippen molar-refractivity contribution in [3.63, 3.8) is 0 Å². The number of hydrogen-bond donors (Lipinski definition) is 2. The van der Waals surface area contributed by atoms with Crippen molar-refractivity contribution in [2.24, 2.45) is 12.8 Å². The molecule has 2 heterocycles. The number of aromatic nitrogens is 3. The first-order valence-electron chi connectivity index (χ1n) is 10.8. The van der Waals surface area contributed by atoms with Crippen molar-refractivity contribution in [3.8, 4) is 5.75 Å². The van der Waals surface area contributed by atoms with Crippen LogP contribution in [0.5, 0.6) is 5.75 Å². The maximum absolute atomic E-state index is 12.7. The molecular weight excluding hydrogens is 490 g/mol. The predicted octanol–water partition coefficient (Wildman–Crippen LogP) is 3.64. The molecule has 0 fully saturated rings. The fourth-order valence-electron chi connectivity index (χ4n) is 3.32. The van der Waals surface area contributed by atoms with Crippen LogP contribution in [0.2, 0.25) is 0 Å². The normalized spacial score (nSPS) is 11.7. The van der Waals surface area contributed by atoms with Gasteiger partial charge in [0.15, 0.2) is 17.1 Å². The number of nitrogens with two attached hydrogens (primary N) is 1. The molecule has 3 aromatic rings. The molecule has 1 atom stereocenters. The number of amides is 2. The van der Waals surface area contributed by atoms with Crippen molar-refractivity contribution < 1.29 is 23.9 Å². The molecule has 0 radical (unpaired) electrons. The van der Waals surface area contributed by atoms with Gasteiger partial charge in [-0.2, -0.15) is 0 Å². The summed E-state index contributed by atoms with van der Waals surface area (Å²) in [6.45, 7) is 7.27. The molecule has 10 nitrogen and oxygen atoms in total. The lowest BCUT2D eigenvalue weighted by atomic mass is 10.1. The standard InChI is InChI=1S/C23H27N5O5S2/c1-6-32-22(31)17-13(3)18(19(24)30)35-21(17)25-16(29)11-34-23-27-26-20(28(23)5)14(4)33-15-10-8-7-9-12(15)2/h7-10,14H,6,11H2,1-5H3,(H2,24,30)(H,25,29). The van der Waals surface area contributed by atoms with Crippen LogP contribution in [0.25, 0.3) is 0 Å². The highest BCUT2D eigenvalue weighted by atomic mass is 32.2. The van der Waals surface area contributed by atoms with Crippen LogP contribution in [0.15, 0.2) is 29.4 Å². The topological polar surface area (TPSA) is 138 Å². The Hall–Kier alpha value is -3.38. The molecule has 0 aliphatic heterocycles. The Kier molecular flexibility index (Phi) is 8.52. The molecule has 3 N–H and O–H groups in total. The minimum Gasteiger partial charge on any atom is -0.482 e. The molecule has 2 amide bonds. The Bertz CT molecular complexity index is 1250. The fraction of sp³-hybridized carbons (Fsp3) is 0.348. The third-order valence-electron chi connectivity index (χ3n) is 5.06. The monoisotopic (exact) mass is 517 g/mol. The number of anilines is 1. The van der Waals surface area contributed by atoms with Gasteiger partial charge in [-0.3, -0.25) is 9.59 Å². The summed E-state index contributed by atoms with van der Waals surface area (Å²) in [4.78, 5) is 37.0. The zero-order valence-corrected chi connectivity index (χ0v) is 21.7. The van der Waals surface area contributed by atoms with Crippen LogP contribution < -0.4 is 15.8 Å². The summed E-state index contributed by atoms with van der Waals surface area (Å²) < 4.78 is 12.9. The van der Waals surface area contributed by atoms with Crippen molar-refractivity contribution in [2.45, 2.75) is 39.0 Å². The van der Waals surface area contributed by atoms with Crippen LogP contribution in [0.3, 0.4) is 0 Å². The van der Waals surface area contributed by atoms with Gasteiger partial charge in [-0.15, -0.1) is 21.5 Å². The summed E-state index contributed by atoms with van der Waals surface area (Å²) in [6, 6.07) is 7.70. The molecule has 12 heteroatoms. The predicted molar refractivity (Wildman–Crippen MR) is 134 cm³/mol. The number of thiophene rings is 1. The van der Waals surface area contributed by atoms with E-state index >= 15 is 0 Å². The second kappa shape index (κ2) is 11.4. The summed E-state index contributed by atoms with van der Waals surface area (Å²) in [5.74, 6) is -0.314. The van der Waals surface area contributed by atoms with E-state index in [-0.39, 0.29) is 39.8 Å². The number of benzene rings is 1. The van der Waals surface area contributed by atoms with Crippen molar-refractivity contribution in [1.82, 2.24) is 14.8 Å². The lowest BCUT2D eigenvalue weighted by Gasteiger charge is -2.15. The SMILES string of the molecule is CCOC(=O)c1c(NC(=O)CSc2nnc(C(C)Oc3ccccc3C)n2C)sc(C(N)=O)c1C. The van der Waals surface area contributed by atoms with Crippen LogP contribution in [0.1, 0.15) is 56.9 Å². The van der Waals surface area contributed by atoms with E-state index in [9.17, 15) is 14.4 Å². The van der Waals surface area contributed by atoms with Crippen molar-refractivity contribution >= 4 is 45.9 Å². The van der Waals surface area contributed by atoms with Gasteiger partial charge in [-0.1, -0.05) is 30.0 Å². The zero-order valence-electron chi connectivity index (χ0n) is 20.1. The number of esters is 1. The first-order valence-corrected chi connectivity index (χ1v) is 12.6. The van der Waals surface area contributed by atoms with E-state index in [1.54, 1.807) is 25.5 Å². The molecule has 2 aromatic heterocycles. The van der Waals surface area contributed by atoms with Gasteiger partial charge in [0.05, 0.1) is 22.8 Å². The van der Waals surface area contributed by atoms with E-state index in [1.165, 1.54) is 11.8 Å². The third-order valence-corrected chi connectivity index (χ3v) is 7.31. The average molecular weight is 518 g/mol. The van der Waals surface area contributed by atoms with E-state index in [0.717, 1.165) is 22.6 Å². The number of hydrogen-bond acceptors (Lipinski definition) is 9. The number of nitrogens with zero attached hydrogens (tertiary/aromatic N) is 3. The highest BCUT2D eigenvalue weighted by Crippen LogP contribution is 2.34. The molecule has 0 aliphatic rings. The second-order valence-electron chi connectivity index (χ2n) is 7.61. The Morgan fingerprint density at radius 1 is 1.23 bits per heavy atom. The lowest BCUT2D eigenvalue weighted by molar-refractivity contribution is -0.113. The van der Waals surface area contributed by atoms with Crippen LogP contribution in [0.4, 0.5) is 5.00 Å². The molecule has 0 bridgehead atoms. The van der Waals surface area contributed by atoms with Crippen molar-refractivity contribution in [2.75, 3.05) is 17.7 Å². The molecule has 0 aliphatic carbocycles. The van der Waals surface area contributed by atoms with Gasteiger partial charge in [0.25, 0.3) is 5.91 Å². The van der Waals surface area contributed by atoms with E-state index in [4.69, 9.17) is 15.2 Å². The first kappa shape index (κ1) is 26.2. The third kappa shape index (κ3) is 6.01. The second-order valence-corrected chi connectivity index (χ2v) is 9.57. The number of carbonyl (C=O) groups is 3. The Morgan fingerprint density at radius 3 is 2.60 bits per heavy atom. The highest BCUT2D eigenvalue weighted by molar-refractivity contribution is 7.99. The van der Waals surface area contributed by atoms with Crippen molar-refractivity contribution in [3.05, 3.63) is 51.7 Å². The highest BCUT2D eigenvalue weighted by Gasteiger charge is 2.26. The van der Waals surface area contributed by atoms with Gasteiger partial charge in [0.1, 0.15) is 10.8 Å². The van der Waals surface area contributed by atoms with E-state index in [2.05, 4.69) is 15.5 Å². The molecule has 1 aromatic carbocycles. The maximum Gasteiger partial charge on any atom is 0.341 e. The molecule has 35 heavy (non-hydrogen) atoms. The van der Waals surface area contributed by atoms with Gasteiger partial charge in [0, 0.05) is 7.05 Å². The molecule has 0 spiro atoms. The number of ether oxygens (including phenoxy) is 2. The molecule has 186 valence electrons. The van der Waals surface area contributed by atoms with E-state index in [0.29, 0.717) is 16.5 Å².